The highest BCUT2D eigenvalue weighted by molar-refractivity contribution is 7.99. The molecule has 0 radical (unpaired) electrons. The van der Waals surface area contributed by atoms with Crippen molar-refractivity contribution in [1.82, 2.24) is 0 Å². The molecule has 0 fully saturated rings. The van der Waals surface area contributed by atoms with E-state index >= 15 is 0 Å². The van der Waals surface area contributed by atoms with Gasteiger partial charge < -0.3 is 10.8 Å². The molecule has 2 nitrogen and oxygen atoms in total. The van der Waals surface area contributed by atoms with Crippen molar-refractivity contribution in [2.75, 3.05) is 11.5 Å². The maximum absolute atomic E-state index is 9.84. The molecule has 0 amide bonds. The van der Waals surface area contributed by atoms with Gasteiger partial charge in [0.1, 0.15) is 0 Å². The summed E-state index contributed by atoms with van der Waals surface area (Å²) in [4.78, 5) is 0. The molecule has 0 aliphatic rings. The van der Waals surface area contributed by atoms with Crippen LogP contribution < -0.4 is 5.73 Å². The zero-order valence-electron chi connectivity index (χ0n) is 11.3. The van der Waals surface area contributed by atoms with Crippen molar-refractivity contribution in [3.05, 3.63) is 0 Å². The number of rotatable bonds is 9. The minimum atomic E-state index is -0.325. The third-order valence-corrected chi connectivity index (χ3v) is 3.68. The number of aliphatic hydroxyl groups excluding tert-OH is 1. The van der Waals surface area contributed by atoms with Crippen LogP contribution in [0, 0.1) is 11.8 Å². The molecule has 0 aromatic heterocycles. The zero-order chi connectivity index (χ0) is 12.6. The minimum Gasteiger partial charge on any atom is -0.391 e. The lowest BCUT2D eigenvalue weighted by molar-refractivity contribution is 0.131. The summed E-state index contributed by atoms with van der Waals surface area (Å²) in [5.74, 6) is 3.57. The smallest absolute Gasteiger partial charge is 0.0699 e. The summed E-state index contributed by atoms with van der Waals surface area (Å²) in [7, 11) is 0. The summed E-state index contributed by atoms with van der Waals surface area (Å²) >= 11 is 1.93. The highest BCUT2D eigenvalue weighted by atomic mass is 32.2. The fourth-order valence-corrected chi connectivity index (χ4v) is 2.79. The van der Waals surface area contributed by atoms with Crippen molar-refractivity contribution in [1.29, 1.82) is 0 Å². The summed E-state index contributed by atoms with van der Waals surface area (Å²) in [5, 5.41) is 9.84. The van der Waals surface area contributed by atoms with Crippen LogP contribution in [0.15, 0.2) is 0 Å². The van der Waals surface area contributed by atoms with E-state index < -0.39 is 0 Å². The first-order valence-electron chi connectivity index (χ1n) is 6.44. The predicted molar refractivity (Wildman–Crippen MR) is 74.8 cm³/mol. The van der Waals surface area contributed by atoms with Crippen LogP contribution >= 0.6 is 11.8 Å². The fourth-order valence-electron chi connectivity index (χ4n) is 1.54. The minimum absolute atomic E-state index is 0.0503. The predicted octanol–water partition coefficient (Wildman–Crippen LogP) is 2.89. The van der Waals surface area contributed by atoms with Crippen molar-refractivity contribution in [3.63, 3.8) is 0 Å². The Kier molecular flexibility index (Phi) is 9.47. The van der Waals surface area contributed by atoms with E-state index in [1.54, 1.807) is 0 Å². The molecule has 0 rings (SSSR count). The molecular weight excluding hydrogens is 218 g/mol. The molecule has 2 atom stereocenters. The van der Waals surface area contributed by atoms with Gasteiger partial charge in [-0.05, 0) is 42.6 Å². The lowest BCUT2D eigenvalue weighted by Gasteiger charge is -2.20. The third kappa shape index (κ3) is 9.49. The average Bonchev–Trinajstić information content (AvgIpc) is 2.15. The molecule has 0 unspecified atom stereocenters. The van der Waals surface area contributed by atoms with Crippen molar-refractivity contribution in [2.24, 2.45) is 17.6 Å². The Morgan fingerprint density at radius 1 is 1.00 bits per heavy atom. The second-order valence-corrected chi connectivity index (χ2v) is 6.67. The Bertz CT molecular complexity index is 162. The van der Waals surface area contributed by atoms with E-state index in [4.69, 9.17) is 5.73 Å². The number of hydrogen-bond donors (Lipinski definition) is 2. The van der Waals surface area contributed by atoms with E-state index in [2.05, 4.69) is 27.7 Å². The van der Waals surface area contributed by atoms with E-state index in [-0.39, 0.29) is 12.1 Å². The molecule has 0 aliphatic carbocycles. The standard InChI is InChI=1S/C13H29NOS/c1-10(2)5-7-16-8-6-13(15)12(14)9-11(3)4/h10-13,15H,5-9,14H2,1-4H3/t12-,13-/m0/s1. The molecule has 3 N–H and O–H groups in total. The first kappa shape index (κ1) is 16.3. The molecule has 3 heteroatoms. The SMILES string of the molecule is CC(C)CCSCC[C@H](O)[C@@H](N)CC(C)C. The van der Waals surface area contributed by atoms with Gasteiger partial charge in [0.15, 0.2) is 0 Å². The second-order valence-electron chi connectivity index (χ2n) is 5.44. The van der Waals surface area contributed by atoms with Crippen LogP contribution in [0.2, 0.25) is 0 Å². The van der Waals surface area contributed by atoms with Gasteiger partial charge in [-0.1, -0.05) is 27.7 Å². The van der Waals surface area contributed by atoms with E-state index in [0.29, 0.717) is 5.92 Å². The maximum atomic E-state index is 9.84. The maximum Gasteiger partial charge on any atom is 0.0699 e. The molecule has 0 aromatic carbocycles. The molecular formula is C13H29NOS. The van der Waals surface area contributed by atoms with Gasteiger partial charge in [-0.2, -0.15) is 11.8 Å². The average molecular weight is 247 g/mol. The van der Waals surface area contributed by atoms with E-state index in [1.807, 2.05) is 11.8 Å². The van der Waals surface area contributed by atoms with Crippen LogP contribution in [0.3, 0.4) is 0 Å². The normalized spacial score (nSPS) is 15.8. The lowest BCUT2D eigenvalue weighted by atomic mass is 9.99. The first-order chi connectivity index (χ1) is 7.43. The van der Waals surface area contributed by atoms with E-state index in [9.17, 15) is 5.11 Å². The quantitative estimate of drug-likeness (QED) is 0.616. The van der Waals surface area contributed by atoms with Crippen molar-refractivity contribution in [3.8, 4) is 0 Å². The van der Waals surface area contributed by atoms with Crippen molar-refractivity contribution < 1.29 is 5.11 Å². The molecule has 98 valence electrons. The van der Waals surface area contributed by atoms with Gasteiger partial charge in [0, 0.05) is 6.04 Å². The largest absolute Gasteiger partial charge is 0.391 e. The Hall–Kier alpha value is 0.270. The zero-order valence-corrected chi connectivity index (χ0v) is 12.1. The topological polar surface area (TPSA) is 46.2 Å². The molecule has 0 bridgehead atoms. The summed E-state index contributed by atoms with van der Waals surface area (Å²) in [6, 6.07) is -0.0503. The van der Waals surface area contributed by atoms with Crippen LogP contribution in [-0.4, -0.2) is 28.8 Å². The summed E-state index contributed by atoms with van der Waals surface area (Å²) in [5.41, 5.74) is 5.92. The lowest BCUT2D eigenvalue weighted by Crippen LogP contribution is -2.36. The molecule has 0 saturated heterocycles. The van der Waals surface area contributed by atoms with Crippen LogP contribution in [0.1, 0.15) is 47.0 Å². The molecule has 0 aliphatic heterocycles. The Labute approximate surface area is 105 Å². The molecule has 0 saturated carbocycles. The Balaban J connectivity index is 3.45. The molecule has 0 heterocycles. The van der Waals surface area contributed by atoms with Crippen LogP contribution in [-0.2, 0) is 0 Å². The van der Waals surface area contributed by atoms with Gasteiger partial charge in [0.05, 0.1) is 6.10 Å². The number of aliphatic hydroxyl groups is 1. The molecule has 0 spiro atoms. The van der Waals surface area contributed by atoms with Gasteiger partial charge in [-0.25, -0.2) is 0 Å². The summed E-state index contributed by atoms with van der Waals surface area (Å²) < 4.78 is 0. The highest BCUT2D eigenvalue weighted by Crippen LogP contribution is 2.14. The third-order valence-electron chi connectivity index (χ3n) is 2.64. The van der Waals surface area contributed by atoms with E-state index in [1.165, 1.54) is 12.2 Å². The summed E-state index contributed by atoms with van der Waals surface area (Å²) in [6.45, 7) is 8.77. The Morgan fingerprint density at radius 3 is 2.06 bits per heavy atom. The summed E-state index contributed by atoms with van der Waals surface area (Å²) in [6.07, 6.45) is 2.68. The molecule has 0 aromatic rings. The Morgan fingerprint density at radius 2 is 1.56 bits per heavy atom. The van der Waals surface area contributed by atoms with Gasteiger partial charge in [-0.15, -0.1) is 0 Å². The van der Waals surface area contributed by atoms with Gasteiger partial charge in [-0.3, -0.25) is 0 Å². The second kappa shape index (κ2) is 9.32. The van der Waals surface area contributed by atoms with Crippen LogP contribution in [0.4, 0.5) is 0 Å². The van der Waals surface area contributed by atoms with Gasteiger partial charge in [0.2, 0.25) is 0 Å². The number of thioether (sulfide) groups is 1. The van der Waals surface area contributed by atoms with Crippen LogP contribution in [0.25, 0.3) is 0 Å². The molecule has 16 heavy (non-hydrogen) atoms. The fraction of sp³-hybridized carbons (Fsp3) is 1.00. The monoisotopic (exact) mass is 247 g/mol. The van der Waals surface area contributed by atoms with Gasteiger partial charge >= 0.3 is 0 Å². The first-order valence-corrected chi connectivity index (χ1v) is 7.60. The van der Waals surface area contributed by atoms with Crippen LogP contribution in [0.5, 0.6) is 0 Å². The van der Waals surface area contributed by atoms with E-state index in [0.717, 1.165) is 24.5 Å². The van der Waals surface area contributed by atoms with Crippen molar-refractivity contribution in [2.45, 2.75) is 59.1 Å². The highest BCUT2D eigenvalue weighted by Gasteiger charge is 2.15. The van der Waals surface area contributed by atoms with Crippen molar-refractivity contribution >= 4 is 11.8 Å². The van der Waals surface area contributed by atoms with Gasteiger partial charge in [0.25, 0.3) is 0 Å². The number of nitrogens with two attached hydrogens (primary N) is 1. The number of hydrogen-bond acceptors (Lipinski definition) is 3.